The molecule has 3 rings (SSSR count). The van der Waals surface area contributed by atoms with Gasteiger partial charge in [0.2, 0.25) is 0 Å². The van der Waals surface area contributed by atoms with Crippen LogP contribution in [0.4, 0.5) is 4.39 Å². The first kappa shape index (κ1) is 21.5. The van der Waals surface area contributed by atoms with Crippen LogP contribution in [0.25, 0.3) is 11.1 Å². The molecule has 3 aromatic rings. The number of carboxylic acids is 1. The summed E-state index contributed by atoms with van der Waals surface area (Å²) in [7, 11) is 0. The largest absolute Gasteiger partial charge is 0.489 e. The fraction of sp³-hybridized carbons (Fsp3) is 0.240. The highest BCUT2D eigenvalue weighted by Crippen LogP contribution is 2.30. The number of carbonyl (C=O) groups is 1. The van der Waals surface area contributed by atoms with Gasteiger partial charge in [-0.15, -0.1) is 0 Å². The van der Waals surface area contributed by atoms with E-state index < -0.39 is 12.0 Å². The van der Waals surface area contributed by atoms with Crippen molar-refractivity contribution in [3.63, 3.8) is 0 Å². The topological polar surface area (TPSA) is 72.5 Å². The molecule has 0 spiro atoms. The predicted molar refractivity (Wildman–Crippen MR) is 116 cm³/mol. The molecule has 0 saturated carbocycles. The number of benzene rings is 3. The average molecular weight is 407 g/mol. The molecule has 1 unspecified atom stereocenters. The number of carboxylic acid groups (broad SMARTS) is 1. The summed E-state index contributed by atoms with van der Waals surface area (Å²) in [4.78, 5) is 11.1. The Morgan fingerprint density at radius 2 is 1.83 bits per heavy atom. The smallest absolute Gasteiger partial charge is 0.307 e. The lowest BCUT2D eigenvalue weighted by molar-refractivity contribution is -0.136. The van der Waals surface area contributed by atoms with Crippen molar-refractivity contribution in [2.75, 3.05) is 0 Å². The van der Waals surface area contributed by atoms with Crippen molar-refractivity contribution in [1.82, 2.24) is 0 Å². The Morgan fingerprint density at radius 3 is 2.53 bits per heavy atom. The molecule has 0 aliphatic rings. The normalized spacial score (nSPS) is 11.9. The van der Waals surface area contributed by atoms with Gasteiger partial charge in [0.1, 0.15) is 18.2 Å². The van der Waals surface area contributed by atoms with Gasteiger partial charge in [0, 0.05) is 22.7 Å². The fourth-order valence-electron chi connectivity index (χ4n) is 3.51. The molecule has 0 aliphatic heterocycles. The number of nitrogens with two attached hydrogens (primary N) is 1. The molecule has 0 heterocycles. The zero-order valence-corrected chi connectivity index (χ0v) is 17.2. The number of hydrogen-bond donors (Lipinski definition) is 2. The summed E-state index contributed by atoms with van der Waals surface area (Å²) in [6, 6.07) is 17.8. The Bertz CT molecular complexity index is 1050. The van der Waals surface area contributed by atoms with Crippen molar-refractivity contribution in [3.05, 3.63) is 88.7 Å². The minimum Gasteiger partial charge on any atom is -0.489 e. The van der Waals surface area contributed by atoms with E-state index in [2.05, 4.69) is 0 Å². The van der Waals surface area contributed by atoms with Crippen LogP contribution in [0.15, 0.2) is 60.7 Å². The third-order valence-corrected chi connectivity index (χ3v) is 5.11. The van der Waals surface area contributed by atoms with Gasteiger partial charge in [0.05, 0.1) is 6.42 Å². The van der Waals surface area contributed by atoms with E-state index in [4.69, 9.17) is 15.6 Å². The van der Waals surface area contributed by atoms with E-state index in [9.17, 15) is 9.18 Å². The highest BCUT2D eigenvalue weighted by atomic mass is 19.1. The van der Waals surface area contributed by atoms with Gasteiger partial charge in [-0.05, 0) is 42.2 Å². The lowest BCUT2D eigenvalue weighted by Gasteiger charge is -2.16. The van der Waals surface area contributed by atoms with E-state index in [1.807, 2.05) is 37.3 Å². The first-order valence-electron chi connectivity index (χ1n) is 9.99. The lowest BCUT2D eigenvalue weighted by Crippen LogP contribution is -2.08. The van der Waals surface area contributed by atoms with Crippen LogP contribution in [0.3, 0.4) is 0 Å². The van der Waals surface area contributed by atoms with Crippen LogP contribution in [-0.4, -0.2) is 11.1 Å². The number of aliphatic carboxylic acids is 1. The van der Waals surface area contributed by atoms with Crippen LogP contribution < -0.4 is 10.5 Å². The number of hydrogen-bond acceptors (Lipinski definition) is 3. The van der Waals surface area contributed by atoms with Crippen LogP contribution >= 0.6 is 0 Å². The summed E-state index contributed by atoms with van der Waals surface area (Å²) in [5, 5.41) is 9.11. The first-order chi connectivity index (χ1) is 14.4. The third kappa shape index (κ3) is 4.86. The summed E-state index contributed by atoms with van der Waals surface area (Å²) >= 11 is 0. The average Bonchev–Trinajstić information content (AvgIpc) is 2.72. The molecule has 4 nitrogen and oxygen atoms in total. The maximum Gasteiger partial charge on any atom is 0.307 e. The minimum atomic E-state index is -0.910. The van der Waals surface area contributed by atoms with Crippen molar-refractivity contribution in [2.24, 2.45) is 5.73 Å². The van der Waals surface area contributed by atoms with Crippen LogP contribution in [0, 0.1) is 5.82 Å². The van der Waals surface area contributed by atoms with Gasteiger partial charge >= 0.3 is 5.97 Å². The molecule has 5 heteroatoms. The quantitative estimate of drug-likeness (QED) is 0.533. The summed E-state index contributed by atoms with van der Waals surface area (Å²) in [6.07, 6.45) is 0.699. The van der Waals surface area contributed by atoms with Crippen LogP contribution in [0.5, 0.6) is 5.75 Å². The van der Waals surface area contributed by atoms with E-state index in [1.165, 1.54) is 0 Å². The molecule has 0 aliphatic carbocycles. The molecule has 0 saturated heterocycles. The second kappa shape index (κ2) is 9.55. The number of halogens is 1. The Hall–Kier alpha value is -3.18. The maximum absolute atomic E-state index is 15.0. The monoisotopic (exact) mass is 407 g/mol. The molecule has 0 aromatic heterocycles. The molecule has 3 N–H and O–H groups in total. The van der Waals surface area contributed by atoms with E-state index in [0.29, 0.717) is 22.4 Å². The van der Waals surface area contributed by atoms with E-state index in [0.717, 1.165) is 23.1 Å². The SMILES string of the molecule is CCc1ccc(-c2cccc(C(C)N)c2F)cc1COc1ccccc1CC(=O)O. The van der Waals surface area contributed by atoms with Crippen molar-refractivity contribution in [1.29, 1.82) is 0 Å². The summed E-state index contributed by atoms with van der Waals surface area (Å²) in [6.45, 7) is 4.08. The molecule has 0 fully saturated rings. The van der Waals surface area contributed by atoms with Crippen LogP contribution in [0.1, 0.15) is 42.1 Å². The van der Waals surface area contributed by atoms with Crippen molar-refractivity contribution >= 4 is 5.97 Å². The number of aryl methyl sites for hydroxylation is 1. The maximum atomic E-state index is 15.0. The standard InChI is InChI=1S/C25H26FNO3/c1-3-17-11-12-18(22-9-6-8-21(16(2)27)25(22)26)13-20(17)15-30-23-10-5-4-7-19(23)14-24(28)29/h4-13,16H,3,14-15,27H2,1-2H3,(H,28,29). The molecular weight excluding hydrogens is 381 g/mol. The molecular formula is C25H26FNO3. The summed E-state index contributed by atoms with van der Waals surface area (Å²) in [5.41, 5.74) is 10.3. The molecule has 156 valence electrons. The number of para-hydroxylation sites is 1. The van der Waals surface area contributed by atoms with E-state index in [-0.39, 0.29) is 18.8 Å². The van der Waals surface area contributed by atoms with Gasteiger partial charge in [-0.1, -0.05) is 55.5 Å². The predicted octanol–water partition coefficient (Wildman–Crippen LogP) is 5.28. The molecule has 3 aromatic carbocycles. The Kier molecular flexibility index (Phi) is 6.85. The van der Waals surface area contributed by atoms with Gasteiger partial charge in [0.15, 0.2) is 0 Å². The Labute approximate surface area is 176 Å². The second-order valence-corrected chi connectivity index (χ2v) is 7.30. The molecule has 1 atom stereocenters. The van der Waals surface area contributed by atoms with E-state index >= 15 is 0 Å². The van der Waals surface area contributed by atoms with Crippen LogP contribution in [-0.2, 0) is 24.2 Å². The minimum absolute atomic E-state index is 0.105. The van der Waals surface area contributed by atoms with Crippen molar-refractivity contribution in [3.8, 4) is 16.9 Å². The highest BCUT2D eigenvalue weighted by molar-refractivity contribution is 5.71. The van der Waals surface area contributed by atoms with Crippen molar-refractivity contribution < 1.29 is 19.0 Å². The molecule has 30 heavy (non-hydrogen) atoms. The van der Waals surface area contributed by atoms with Crippen molar-refractivity contribution in [2.45, 2.75) is 39.3 Å². The first-order valence-corrected chi connectivity index (χ1v) is 9.99. The second-order valence-electron chi connectivity index (χ2n) is 7.30. The highest BCUT2D eigenvalue weighted by Gasteiger charge is 2.14. The fourth-order valence-corrected chi connectivity index (χ4v) is 3.51. The molecule has 0 bridgehead atoms. The summed E-state index contributed by atoms with van der Waals surface area (Å²) in [5.74, 6) is -0.681. The van der Waals surface area contributed by atoms with Gasteiger partial charge in [-0.25, -0.2) is 4.39 Å². The molecule has 0 radical (unpaired) electrons. The number of ether oxygens (including phenoxy) is 1. The van der Waals surface area contributed by atoms with Gasteiger partial charge < -0.3 is 15.6 Å². The zero-order valence-electron chi connectivity index (χ0n) is 17.2. The van der Waals surface area contributed by atoms with E-state index in [1.54, 1.807) is 37.3 Å². The van der Waals surface area contributed by atoms with Crippen LogP contribution in [0.2, 0.25) is 0 Å². The Morgan fingerprint density at radius 1 is 1.07 bits per heavy atom. The summed E-state index contributed by atoms with van der Waals surface area (Å²) < 4.78 is 21.0. The Balaban J connectivity index is 1.92. The molecule has 0 amide bonds. The third-order valence-electron chi connectivity index (χ3n) is 5.11. The van der Waals surface area contributed by atoms with Gasteiger partial charge in [0.25, 0.3) is 0 Å². The lowest BCUT2D eigenvalue weighted by atomic mass is 9.95. The van der Waals surface area contributed by atoms with Gasteiger partial charge in [-0.2, -0.15) is 0 Å². The zero-order chi connectivity index (χ0) is 21.7. The number of rotatable bonds is 8. The van der Waals surface area contributed by atoms with Gasteiger partial charge in [-0.3, -0.25) is 4.79 Å².